The fourth-order valence-electron chi connectivity index (χ4n) is 5.88. The molecule has 218 valence electrons. The standard InChI is InChI=1S/C33H35N3O6/c1-22-11-13-23(14-12-22)20-36(29(37)21-35-27-10-6-5-9-25(27)30(38)31(35)39)33(17-7-4-8-18-33)32(40)34-26-16-15-24(41-2)19-28(26)42-3/h5-6,9-16,19H,4,7-8,17-18,20-21H2,1-3H3,(H,34,40). The quantitative estimate of drug-likeness (QED) is 0.367. The molecule has 1 aliphatic carbocycles. The summed E-state index contributed by atoms with van der Waals surface area (Å²) in [5.74, 6) is -1.10. The second-order valence-corrected chi connectivity index (χ2v) is 10.8. The summed E-state index contributed by atoms with van der Waals surface area (Å²) in [6.45, 7) is 1.80. The molecule has 2 aliphatic rings. The molecular weight excluding hydrogens is 534 g/mol. The maximum absolute atomic E-state index is 14.3. The maximum Gasteiger partial charge on any atom is 0.299 e. The second-order valence-electron chi connectivity index (χ2n) is 10.8. The smallest absolute Gasteiger partial charge is 0.299 e. The van der Waals surface area contributed by atoms with Crippen LogP contribution in [0.15, 0.2) is 66.7 Å². The van der Waals surface area contributed by atoms with E-state index in [9.17, 15) is 19.2 Å². The number of nitrogens with one attached hydrogen (secondary N) is 1. The second kappa shape index (κ2) is 12.1. The van der Waals surface area contributed by atoms with Gasteiger partial charge in [-0.25, -0.2) is 0 Å². The minimum atomic E-state index is -1.18. The van der Waals surface area contributed by atoms with Crippen molar-refractivity contribution in [1.82, 2.24) is 4.90 Å². The van der Waals surface area contributed by atoms with Gasteiger partial charge in [-0.3, -0.25) is 24.1 Å². The first-order valence-corrected chi connectivity index (χ1v) is 14.1. The minimum absolute atomic E-state index is 0.171. The first-order valence-electron chi connectivity index (χ1n) is 14.1. The van der Waals surface area contributed by atoms with Crippen LogP contribution in [-0.2, 0) is 20.9 Å². The van der Waals surface area contributed by atoms with Crippen molar-refractivity contribution in [2.24, 2.45) is 0 Å². The van der Waals surface area contributed by atoms with Crippen LogP contribution < -0.4 is 19.7 Å². The van der Waals surface area contributed by atoms with Crippen molar-refractivity contribution in [1.29, 1.82) is 0 Å². The summed E-state index contributed by atoms with van der Waals surface area (Å²) in [5.41, 5.74) is 1.89. The summed E-state index contributed by atoms with van der Waals surface area (Å²) in [5, 5.41) is 3.03. The Balaban J connectivity index is 1.52. The number of amides is 3. The number of para-hydroxylation sites is 1. The fourth-order valence-corrected chi connectivity index (χ4v) is 5.88. The Hall–Kier alpha value is -4.66. The Morgan fingerprint density at radius 1 is 0.929 bits per heavy atom. The van der Waals surface area contributed by atoms with Gasteiger partial charge in [0.2, 0.25) is 11.8 Å². The number of carbonyl (C=O) groups excluding carboxylic acids is 4. The molecule has 0 atom stereocenters. The molecule has 0 spiro atoms. The number of methoxy groups -OCH3 is 2. The van der Waals surface area contributed by atoms with Crippen molar-refractivity contribution in [2.75, 3.05) is 31.0 Å². The molecule has 3 amide bonds. The SMILES string of the molecule is COc1ccc(NC(=O)C2(N(Cc3ccc(C)cc3)C(=O)CN3C(=O)C(=O)c4ccccc43)CCCCC2)c(OC)c1. The number of nitrogens with zero attached hydrogens (tertiary/aromatic N) is 2. The van der Waals surface area contributed by atoms with Gasteiger partial charge in [-0.05, 0) is 49.6 Å². The Labute approximate surface area is 245 Å². The van der Waals surface area contributed by atoms with E-state index in [1.54, 1.807) is 54.5 Å². The van der Waals surface area contributed by atoms with Crippen molar-refractivity contribution in [3.63, 3.8) is 0 Å². The number of carbonyl (C=O) groups is 4. The van der Waals surface area contributed by atoms with E-state index in [2.05, 4.69) is 5.32 Å². The van der Waals surface area contributed by atoms with Gasteiger partial charge in [-0.1, -0.05) is 61.2 Å². The number of Topliss-reactive ketones (excluding diaryl/α,β-unsaturated/α-hetero) is 1. The summed E-state index contributed by atoms with van der Waals surface area (Å²) >= 11 is 0. The summed E-state index contributed by atoms with van der Waals surface area (Å²) in [6, 6.07) is 19.6. The summed E-state index contributed by atoms with van der Waals surface area (Å²) in [6.07, 6.45) is 3.38. The van der Waals surface area contributed by atoms with Crippen molar-refractivity contribution >= 4 is 34.9 Å². The van der Waals surface area contributed by atoms with E-state index in [0.29, 0.717) is 35.7 Å². The van der Waals surface area contributed by atoms with E-state index < -0.39 is 23.1 Å². The number of ether oxygens (including phenoxy) is 2. The highest BCUT2D eigenvalue weighted by Gasteiger charge is 2.48. The number of benzene rings is 3. The Kier molecular flexibility index (Phi) is 8.29. The third-order valence-corrected chi connectivity index (χ3v) is 8.21. The number of rotatable bonds is 9. The predicted octanol–water partition coefficient (Wildman–Crippen LogP) is 4.91. The Morgan fingerprint density at radius 2 is 1.64 bits per heavy atom. The fraction of sp³-hybridized carbons (Fsp3) is 0.333. The molecule has 0 unspecified atom stereocenters. The van der Waals surface area contributed by atoms with Crippen LogP contribution in [0.5, 0.6) is 11.5 Å². The first kappa shape index (κ1) is 28.9. The zero-order chi connectivity index (χ0) is 29.9. The highest BCUT2D eigenvalue weighted by Crippen LogP contribution is 2.39. The molecule has 0 saturated heterocycles. The van der Waals surface area contributed by atoms with Crippen LogP contribution in [0.25, 0.3) is 0 Å². The van der Waals surface area contributed by atoms with Crippen LogP contribution in [0.1, 0.15) is 53.6 Å². The lowest BCUT2D eigenvalue weighted by Gasteiger charge is -2.45. The summed E-state index contributed by atoms with van der Waals surface area (Å²) < 4.78 is 10.8. The van der Waals surface area contributed by atoms with Gasteiger partial charge in [0.05, 0.1) is 31.2 Å². The van der Waals surface area contributed by atoms with E-state index in [0.717, 1.165) is 30.4 Å². The van der Waals surface area contributed by atoms with Gasteiger partial charge >= 0.3 is 0 Å². The highest BCUT2D eigenvalue weighted by molar-refractivity contribution is 6.52. The average Bonchev–Trinajstić information content (AvgIpc) is 3.25. The van der Waals surface area contributed by atoms with Gasteiger partial charge in [-0.15, -0.1) is 0 Å². The molecule has 1 N–H and O–H groups in total. The van der Waals surface area contributed by atoms with Crippen molar-refractivity contribution in [3.05, 3.63) is 83.4 Å². The van der Waals surface area contributed by atoms with Gasteiger partial charge in [0, 0.05) is 12.6 Å². The number of fused-ring (bicyclic) bond motifs is 1. The van der Waals surface area contributed by atoms with E-state index >= 15 is 0 Å². The molecule has 1 heterocycles. The Bertz CT molecular complexity index is 1510. The number of anilines is 2. The molecule has 1 fully saturated rings. The molecule has 0 bridgehead atoms. The largest absolute Gasteiger partial charge is 0.497 e. The third kappa shape index (κ3) is 5.46. The van der Waals surface area contributed by atoms with E-state index in [4.69, 9.17) is 9.47 Å². The molecule has 0 aromatic heterocycles. The van der Waals surface area contributed by atoms with Gasteiger partial charge < -0.3 is 19.7 Å². The van der Waals surface area contributed by atoms with E-state index in [-0.39, 0.29) is 24.6 Å². The molecule has 1 aliphatic heterocycles. The zero-order valence-corrected chi connectivity index (χ0v) is 24.1. The minimum Gasteiger partial charge on any atom is -0.497 e. The number of hydrogen-bond donors (Lipinski definition) is 1. The van der Waals surface area contributed by atoms with Crippen LogP contribution in [0.4, 0.5) is 11.4 Å². The lowest BCUT2D eigenvalue weighted by molar-refractivity contribution is -0.148. The predicted molar refractivity (Wildman–Crippen MR) is 159 cm³/mol. The Morgan fingerprint density at radius 3 is 2.33 bits per heavy atom. The molecule has 9 heteroatoms. The lowest BCUT2D eigenvalue weighted by atomic mass is 9.78. The third-order valence-electron chi connectivity index (χ3n) is 8.21. The topological polar surface area (TPSA) is 105 Å². The van der Waals surface area contributed by atoms with E-state index in [1.807, 2.05) is 31.2 Å². The van der Waals surface area contributed by atoms with Crippen LogP contribution in [-0.4, -0.2) is 54.7 Å². The molecule has 9 nitrogen and oxygen atoms in total. The number of hydrogen-bond acceptors (Lipinski definition) is 6. The van der Waals surface area contributed by atoms with Gasteiger partial charge in [0.25, 0.3) is 11.7 Å². The van der Waals surface area contributed by atoms with Gasteiger partial charge in [0.1, 0.15) is 23.6 Å². The lowest BCUT2D eigenvalue weighted by Crippen LogP contribution is -2.61. The molecule has 1 saturated carbocycles. The molecule has 5 rings (SSSR count). The van der Waals surface area contributed by atoms with Crippen LogP contribution >= 0.6 is 0 Å². The van der Waals surface area contributed by atoms with Gasteiger partial charge in [-0.2, -0.15) is 0 Å². The molecule has 3 aromatic carbocycles. The molecule has 0 radical (unpaired) electrons. The monoisotopic (exact) mass is 569 g/mol. The number of ketones is 1. The van der Waals surface area contributed by atoms with Crippen LogP contribution in [0.2, 0.25) is 0 Å². The highest BCUT2D eigenvalue weighted by atomic mass is 16.5. The van der Waals surface area contributed by atoms with Crippen LogP contribution in [0, 0.1) is 6.92 Å². The summed E-state index contributed by atoms with van der Waals surface area (Å²) in [7, 11) is 3.07. The molecule has 3 aromatic rings. The average molecular weight is 570 g/mol. The van der Waals surface area contributed by atoms with Crippen molar-refractivity contribution in [3.8, 4) is 11.5 Å². The first-order chi connectivity index (χ1) is 20.3. The van der Waals surface area contributed by atoms with Crippen LogP contribution in [0.3, 0.4) is 0 Å². The normalized spacial score (nSPS) is 15.6. The van der Waals surface area contributed by atoms with Crippen molar-refractivity contribution in [2.45, 2.75) is 51.1 Å². The maximum atomic E-state index is 14.3. The molecule has 42 heavy (non-hydrogen) atoms. The summed E-state index contributed by atoms with van der Waals surface area (Å²) in [4.78, 5) is 57.1. The van der Waals surface area contributed by atoms with E-state index in [1.165, 1.54) is 12.0 Å². The number of aryl methyl sites for hydroxylation is 1. The van der Waals surface area contributed by atoms with Gasteiger partial charge in [0.15, 0.2) is 0 Å². The zero-order valence-electron chi connectivity index (χ0n) is 24.1. The van der Waals surface area contributed by atoms with Crippen molar-refractivity contribution < 1.29 is 28.7 Å². The molecular formula is C33H35N3O6.